The van der Waals surface area contributed by atoms with Gasteiger partial charge < -0.3 is 9.30 Å². The van der Waals surface area contributed by atoms with Crippen molar-refractivity contribution in [1.29, 1.82) is 0 Å². The molecule has 1 aliphatic carbocycles. The van der Waals surface area contributed by atoms with E-state index in [2.05, 4.69) is 175 Å². The second kappa shape index (κ2) is 10.3. The number of hydrogen-bond acceptors (Lipinski definition) is 1. The highest BCUT2D eigenvalue weighted by Crippen LogP contribution is 2.58. The fourth-order valence-electron chi connectivity index (χ4n) is 8.71. The SMILES string of the molecule is [C-]#[N+]c1ccc2c(c1)C(C)(C)c1c3c(c4ccccc4c1-2)OC(c1ccccc1)(c1ccc2c(c1)c1ccccc1n2-c1ccccc1)C=C3. The molecule has 7 aromatic carbocycles. The highest BCUT2D eigenvalue weighted by atomic mass is 16.5. The van der Waals surface area contributed by atoms with Crippen LogP contribution in [-0.4, -0.2) is 4.57 Å². The molecule has 0 radical (unpaired) electrons. The molecule has 236 valence electrons. The minimum atomic E-state index is -0.873. The van der Waals surface area contributed by atoms with Gasteiger partial charge in [0.2, 0.25) is 0 Å². The van der Waals surface area contributed by atoms with Crippen molar-refractivity contribution < 1.29 is 4.74 Å². The van der Waals surface area contributed by atoms with E-state index < -0.39 is 5.60 Å². The molecule has 1 atom stereocenters. The van der Waals surface area contributed by atoms with Gasteiger partial charge in [0.25, 0.3) is 0 Å². The van der Waals surface area contributed by atoms with E-state index in [0.29, 0.717) is 5.69 Å². The third-order valence-electron chi connectivity index (χ3n) is 11.0. The van der Waals surface area contributed by atoms with Crippen molar-refractivity contribution in [2.45, 2.75) is 24.9 Å². The number of nitrogens with zero attached hydrogens (tertiary/aromatic N) is 2. The minimum absolute atomic E-state index is 0.321. The Morgan fingerprint density at radius 1 is 0.620 bits per heavy atom. The van der Waals surface area contributed by atoms with Gasteiger partial charge in [-0.2, -0.15) is 0 Å². The molecule has 0 bridgehead atoms. The van der Waals surface area contributed by atoms with Crippen LogP contribution in [0.15, 0.2) is 152 Å². The maximum atomic E-state index is 7.72. The van der Waals surface area contributed by atoms with Crippen LogP contribution < -0.4 is 4.74 Å². The van der Waals surface area contributed by atoms with Gasteiger partial charge in [0.1, 0.15) is 5.75 Å². The molecule has 0 saturated heterocycles. The quantitative estimate of drug-likeness (QED) is 0.176. The average molecular weight is 641 g/mol. The molecule has 10 rings (SSSR count). The summed E-state index contributed by atoms with van der Waals surface area (Å²) in [6, 6.07) is 51.5. The Labute approximate surface area is 291 Å². The van der Waals surface area contributed by atoms with E-state index in [0.717, 1.165) is 39.0 Å². The normalized spacial score (nSPS) is 16.9. The summed E-state index contributed by atoms with van der Waals surface area (Å²) in [5, 5.41) is 4.65. The lowest BCUT2D eigenvalue weighted by Gasteiger charge is -2.38. The molecule has 2 aliphatic rings. The Kier molecular flexibility index (Phi) is 5.91. The molecule has 0 N–H and O–H groups in total. The summed E-state index contributed by atoms with van der Waals surface area (Å²) in [5.74, 6) is 0.892. The number of para-hydroxylation sites is 2. The van der Waals surface area contributed by atoms with Crippen molar-refractivity contribution in [1.82, 2.24) is 4.57 Å². The zero-order valence-corrected chi connectivity index (χ0v) is 27.8. The Balaban J connectivity index is 1.25. The number of hydrogen-bond donors (Lipinski definition) is 0. The Morgan fingerprint density at radius 2 is 1.30 bits per heavy atom. The molecule has 3 heteroatoms. The smallest absolute Gasteiger partial charge is 0.187 e. The van der Waals surface area contributed by atoms with E-state index in [9.17, 15) is 0 Å². The Morgan fingerprint density at radius 3 is 2.08 bits per heavy atom. The second-order valence-electron chi connectivity index (χ2n) is 14.0. The van der Waals surface area contributed by atoms with Gasteiger partial charge in [-0.3, -0.25) is 0 Å². The highest BCUT2D eigenvalue weighted by molar-refractivity contribution is 6.10. The van der Waals surface area contributed by atoms with Crippen LogP contribution in [0.1, 0.15) is 41.7 Å². The number of benzene rings is 7. The van der Waals surface area contributed by atoms with Crippen LogP contribution in [0.3, 0.4) is 0 Å². The third kappa shape index (κ3) is 3.79. The summed E-state index contributed by atoms with van der Waals surface area (Å²) in [6.45, 7) is 12.3. The monoisotopic (exact) mass is 640 g/mol. The van der Waals surface area contributed by atoms with Crippen molar-refractivity contribution in [3.63, 3.8) is 0 Å². The van der Waals surface area contributed by atoms with Gasteiger partial charge in [-0.1, -0.05) is 135 Å². The van der Waals surface area contributed by atoms with Crippen molar-refractivity contribution in [2.24, 2.45) is 0 Å². The Bertz CT molecular complexity index is 2760. The molecule has 0 fully saturated rings. The van der Waals surface area contributed by atoms with Crippen molar-refractivity contribution >= 4 is 44.3 Å². The summed E-state index contributed by atoms with van der Waals surface area (Å²) in [4.78, 5) is 3.78. The molecule has 0 amide bonds. The van der Waals surface area contributed by atoms with Crippen molar-refractivity contribution in [2.75, 3.05) is 0 Å². The van der Waals surface area contributed by atoms with Crippen LogP contribution in [-0.2, 0) is 11.0 Å². The highest BCUT2D eigenvalue weighted by Gasteiger charge is 2.44. The van der Waals surface area contributed by atoms with E-state index in [1.165, 1.54) is 43.9 Å². The van der Waals surface area contributed by atoms with Crippen LogP contribution >= 0.6 is 0 Å². The summed E-state index contributed by atoms with van der Waals surface area (Å²) in [5.41, 5.74) is 11.1. The average Bonchev–Trinajstić information content (AvgIpc) is 3.63. The lowest BCUT2D eigenvalue weighted by molar-refractivity contribution is 0.163. The minimum Gasteiger partial charge on any atom is -0.472 e. The first kappa shape index (κ1) is 28.6. The Hall–Kier alpha value is -6.37. The second-order valence-corrected chi connectivity index (χ2v) is 14.0. The molecule has 1 aromatic heterocycles. The lowest BCUT2D eigenvalue weighted by Crippen LogP contribution is -2.35. The van der Waals surface area contributed by atoms with Crippen LogP contribution in [0.4, 0.5) is 5.69 Å². The molecule has 1 aliphatic heterocycles. The topological polar surface area (TPSA) is 18.5 Å². The number of fused-ring (bicyclic) bond motifs is 11. The maximum Gasteiger partial charge on any atom is 0.187 e. The first-order valence-electron chi connectivity index (χ1n) is 17.1. The predicted molar refractivity (Wildman–Crippen MR) is 205 cm³/mol. The molecule has 8 aromatic rings. The first-order chi connectivity index (χ1) is 24.5. The van der Waals surface area contributed by atoms with Crippen molar-refractivity contribution in [3.8, 4) is 22.6 Å². The molecule has 1 unspecified atom stereocenters. The van der Waals surface area contributed by atoms with Gasteiger partial charge in [-0.25, -0.2) is 4.85 Å². The van der Waals surface area contributed by atoms with Crippen LogP contribution in [0.2, 0.25) is 0 Å². The van der Waals surface area contributed by atoms with E-state index in [4.69, 9.17) is 11.3 Å². The maximum absolute atomic E-state index is 7.72. The van der Waals surface area contributed by atoms with Gasteiger partial charge in [-0.15, -0.1) is 0 Å². The van der Waals surface area contributed by atoms with Gasteiger partial charge in [0.15, 0.2) is 11.3 Å². The van der Waals surface area contributed by atoms with Crippen LogP contribution in [0, 0.1) is 6.57 Å². The van der Waals surface area contributed by atoms with Gasteiger partial charge in [0.05, 0.1) is 17.6 Å². The molecule has 50 heavy (non-hydrogen) atoms. The number of aromatic nitrogens is 1. The van der Waals surface area contributed by atoms with E-state index in [-0.39, 0.29) is 5.41 Å². The summed E-state index contributed by atoms with van der Waals surface area (Å²) >= 11 is 0. The van der Waals surface area contributed by atoms with E-state index >= 15 is 0 Å². The van der Waals surface area contributed by atoms with Crippen molar-refractivity contribution in [3.05, 3.63) is 191 Å². The standard InChI is InChI=1S/C47H32N2O/c1-46(2)40-29-32(48-3)23-24-37(40)43-35-19-10-11-20-36(35)45-38(44(43)46)26-27-47(50-45,30-14-6-4-7-15-30)31-22-25-42-39(28-31)34-18-12-13-21-41(34)49(42)33-16-8-5-9-17-33/h4-29H,1-2H3. The largest absolute Gasteiger partial charge is 0.472 e. The zero-order chi connectivity index (χ0) is 33.6. The number of ether oxygens (including phenoxy) is 1. The molecule has 0 saturated carbocycles. The summed E-state index contributed by atoms with van der Waals surface area (Å²) in [7, 11) is 0. The summed E-state index contributed by atoms with van der Waals surface area (Å²) < 4.78 is 9.93. The first-order valence-corrected chi connectivity index (χ1v) is 17.1. The summed E-state index contributed by atoms with van der Waals surface area (Å²) in [6.07, 6.45) is 4.57. The fourth-order valence-corrected chi connectivity index (χ4v) is 8.71. The molecule has 3 nitrogen and oxygen atoms in total. The lowest BCUT2D eigenvalue weighted by atomic mass is 9.76. The fraction of sp³-hybridized carbons (Fsp3) is 0.0851. The van der Waals surface area contributed by atoms with Crippen LogP contribution in [0.25, 0.3) is 60.3 Å². The predicted octanol–water partition coefficient (Wildman–Crippen LogP) is 12.1. The molecular formula is C47H32N2O. The van der Waals surface area contributed by atoms with E-state index in [1.807, 2.05) is 6.07 Å². The van der Waals surface area contributed by atoms with E-state index in [1.54, 1.807) is 0 Å². The van der Waals surface area contributed by atoms with Gasteiger partial charge >= 0.3 is 0 Å². The molecule has 0 spiro atoms. The molecule has 2 heterocycles. The van der Waals surface area contributed by atoms with Gasteiger partial charge in [-0.05, 0) is 64.0 Å². The molecular weight excluding hydrogens is 609 g/mol. The zero-order valence-electron chi connectivity index (χ0n) is 27.8. The number of rotatable bonds is 3. The van der Waals surface area contributed by atoms with Gasteiger partial charge in [0, 0.05) is 44.0 Å². The van der Waals surface area contributed by atoms with Crippen LogP contribution in [0.5, 0.6) is 5.75 Å². The third-order valence-corrected chi connectivity index (χ3v) is 11.0.